The molecule has 2 aliphatic rings. The highest BCUT2D eigenvalue weighted by atomic mass is 32.2. The highest BCUT2D eigenvalue weighted by molar-refractivity contribution is 7.86. The van der Waals surface area contributed by atoms with Gasteiger partial charge in [0.25, 0.3) is 10.2 Å². The fraction of sp³-hybridized carbons (Fsp3) is 1.00. The summed E-state index contributed by atoms with van der Waals surface area (Å²) in [6.07, 6.45) is 5.23. The summed E-state index contributed by atoms with van der Waals surface area (Å²) >= 11 is 0. The third kappa shape index (κ3) is 3.90. The second-order valence-corrected chi connectivity index (χ2v) is 7.84. The summed E-state index contributed by atoms with van der Waals surface area (Å²) in [5.41, 5.74) is 5.70. The van der Waals surface area contributed by atoms with Crippen LogP contribution in [0, 0.1) is 11.8 Å². The van der Waals surface area contributed by atoms with Crippen molar-refractivity contribution in [3.63, 3.8) is 0 Å². The Labute approximate surface area is 117 Å². The Morgan fingerprint density at radius 2 is 2.00 bits per heavy atom. The monoisotopic (exact) mass is 289 g/mol. The second kappa shape index (κ2) is 6.52. The van der Waals surface area contributed by atoms with E-state index in [0.717, 1.165) is 19.3 Å². The van der Waals surface area contributed by atoms with Gasteiger partial charge in [0.1, 0.15) is 0 Å². The molecule has 1 saturated carbocycles. The molecule has 0 aromatic rings. The van der Waals surface area contributed by atoms with E-state index < -0.39 is 10.2 Å². The first-order valence-electron chi connectivity index (χ1n) is 7.53. The predicted molar refractivity (Wildman–Crippen MR) is 76.9 cm³/mol. The van der Waals surface area contributed by atoms with Gasteiger partial charge in [0.05, 0.1) is 0 Å². The molecule has 112 valence electrons. The average molecular weight is 289 g/mol. The molecule has 19 heavy (non-hydrogen) atoms. The quantitative estimate of drug-likeness (QED) is 0.761. The van der Waals surface area contributed by atoms with Crippen molar-refractivity contribution in [2.45, 2.75) is 39.0 Å². The van der Waals surface area contributed by atoms with Gasteiger partial charge < -0.3 is 5.73 Å². The zero-order valence-corrected chi connectivity index (χ0v) is 12.7. The molecule has 1 saturated heterocycles. The van der Waals surface area contributed by atoms with Crippen LogP contribution in [0.25, 0.3) is 0 Å². The summed E-state index contributed by atoms with van der Waals surface area (Å²) in [4.78, 5) is 0. The first kappa shape index (κ1) is 15.2. The molecule has 2 N–H and O–H groups in total. The number of hydrogen-bond donors (Lipinski definition) is 1. The van der Waals surface area contributed by atoms with Gasteiger partial charge >= 0.3 is 0 Å². The second-order valence-electron chi connectivity index (χ2n) is 5.91. The molecule has 1 aliphatic heterocycles. The van der Waals surface area contributed by atoms with Crippen LogP contribution < -0.4 is 5.73 Å². The highest BCUT2D eigenvalue weighted by Crippen LogP contribution is 2.31. The molecule has 6 heteroatoms. The van der Waals surface area contributed by atoms with E-state index in [-0.39, 0.29) is 0 Å². The van der Waals surface area contributed by atoms with Crippen LogP contribution in [0.5, 0.6) is 0 Å². The Bertz CT molecular complexity index is 381. The van der Waals surface area contributed by atoms with Crippen molar-refractivity contribution < 1.29 is 8.42 Å². The highest BCUT2D eigenvalue weighted by Gasteiger charge is 2.35. The molecule has 1 aliphatic carbocycles. The van der Waals surface area contributed by atoms with E-state index in [9.17, 15) is 8.42 Å². The third-order valence-electron chi connectivity index (χ3n) is 4.10. The van der Waals surface area contributed by atoms with E-state index in [1.54, 1.807) is 8.61 Å². The van der Waals surface area contributed by atoms with Crippen LogP contribution in [0.4, 0.5) is 0 Å². The van der Waals surface area contributed by atoms with E-state index in [1.807, 2.05) is 6.92 Å². The molecule has 0 aromatic carbocycles. The summed E-state index contributed by atoms with van der Waals surface area (Å²) < 4.78 is 28.8. The molecule has 1 unspecified atom stereocenters. The van der Waals surface area contributed by atoms with Gasteiger partial charge in [-0.1, -0.05) is 6.92 Å². The van der Waals surface area contributed by atoms with Crippen molar-refractivity contribution in [3.8, 4) is 0 Å². The Hall–Kier alpha value is -0.170. The minimum absolute atomic E-state index is 0.327. The number of piperidine rings is 1. The maximum Gasteiger partial charge on any atom is 0.281 e. The lowest BCUT2D eigenvalue weighted by Crippen LogP contribution is -2.49. The largest absolute Gasteiger partial charge is 0.330 e. The molecule has 0 aromatic heterocycles. The fourth-order valence-corrected chi connectivity index (χ4v) is 4.63. The van der Waals surface area contributed by atoms with Crippen LogP contribution in [0.15, 0.2) is 0 Å². The summed E-state index contributed by atoms with van der Waals surface area (Å²) in [5.74, 6) is 0.921. The van der Waals surface area contributed by atoms with Crippen LogP contribution in [-0.2, 0) is 10.2 Å². The summed E-state index contributed by atoms with van der Waals surface area (Å²) in [6.45, 7) is 5.23. The average Bonchev–Trinajstić information content (AvgIpc) is 3.22. The molecular formula is C13H27N3O2S. The molecular weight excluding hydrogens is 262 g/mol. The lowest BCUT2D eigenvalue weighted by molar-refractivity contribution is 0.248. The van der Waals surface area contributed by atoms with Crippen LogP contribution >= 0.6 is 0 Å². The molecule has 5 nitrogen and oxygen atoms in total. The van der Waals surface area contributed by atoms with Gasteiger partial charge in [-0.05, 0) is 50.5 Å². The Kier molecular flexibility index (Phi) is 5.22. The molecule has 0 amide bonds. The molecule has 0 radical (unpaired) electrons. The number of nitrogens with zero attached hydrogens (tertiary/aromatic N) is 2. The lowest BCUT2D eigenvalue weighted by atomic mass is 10.0. The zero-order chi connectivity index (χ0) is 13.9. The summed E-state index contributed by atoms with van der Waals surface area (Å²) in [7, 11) is -3.27. The zero-order valence-electron chi connectivity index (χ0n) is 11.9. The van der Waals surface area contributed by atoms with Crippen molar-refractivity contribution in [1.29, 1.82) is 0 Å². The normalized spacial score (nSPS) is 25.9. The number of rotatable bonds is 7. The maximum atomic E-state index is 12.7. The van der Waals surface area contributed by atoms with E-state index in [1.165, 1.54) is 12.8 Å². The van der Waals surface area contributed by atoms with E-state index >= 15 is 0 Å². The van der Waals surface area contributed by atoms with E-state index in [4.69, 9.17) is 5.73 Å². The molecule has 0 bridgehead atoms. The minimum atomic E-state index is -3.27. The molecule has 2 rings (SSSR count). The van der Waals surface area contributed by atoms with Gasteiger partial charge in [-0.25, -0.2) is 0 Å². The van der Waals surface area contributed by atoms with Gasteiger partial charge in [0, 0.05) is 26.2 Å². The summed E-state index contributed by atoms with van der Waals surface area (Å²) in [5, 5.41) is 0. The van der Waals surface area contributed by atoms with Gasteiger partial charge in [-0.2, -0.15) is 17.0 Å². The number of nitrogens with two attached hydrogens (primary N) is 1. The first-order valence-corrected chi connectivity index (χ1v) is 8.93. The van der Waals surface area contributed by atoms with Gasteiger partial charge in [0.2, 0.25) is 0 Å². The SMILES string of the molecule is CCCN(CC1CC1)S(=O)(=O)N1CCCC(CN)C1. The molecule has 0 spiro atoms. The van der Waals surface area contributed by atoms with Crippen molar-refractivity contribution in [2.24, 2.45) is 17.6 Å². The van der Waals surface area contributed by atoms with E-state index in [2.05, 4.69) is 0 Å². The minimum Gasteiger partial charge on any atom is -0.330 e. The van der Waals surface area contributed by atoms with Crippen molar-refractivity contribution in [3.05, 3.63) is 0 Å². The van der Waals surface area contributed by atoms with Gasteiger partial charge in [0.15, 0.2) is 0 Å². The first-order chi connectivity index (χ1) is 9.07. The van der Waals surface area contributed by atoms with Crippen LogP contribution in [0.3, 0.4) is 0 Å². The third-order valence-corrected chi connectivity index (χ3v) is 6.07. The molecule has 1 heterocycles. The van der Waals surface area contributed by atoms with Crippen molar-refractivity contribution in [2.75, 3.05) is 32.7 Å². The molecule has 1 atom stereocenters. The van der Waals surface area contributed by atoms with Crippen LogP contribution in [-0.4, -0.2) is 49.8 Å². The smallest absolute Gasteiger partial charge is 0.281 e. The number of hydrogen-bond acceptors (Lipinski definition) is 3. The standard InChI is InChI=1S/C13H27N3O2S/c1-2-7-15(10-12-5-6-12)19(17,18)16-8-3-4-13(9-14)11-16/h12-13H,2-11,14H2,1H3. The Balaban J connectivity index is 2.04. The summed E-state index contributed by atoms with van der Waals surface area (Å²) in [6, 6.07) is 0. The predicted octanol–water partition coefficient (Wildman–Crippen LogP) is 1.02. The molecule has 2 fully saturated rings. The van der Waals surface area contributed by atoms with Gasteiger partial charge in [-0.15, -0.1) is 0 Å². The Morgan fingerprint density at radius 3 is 2.58 bits per heavy atom. The Morgan fingerprint density at radius 1 is 1.26 bits per heavy atom. The maximum absolute atomic E-state index is 12.7. The van der Waals surface area contributed by atoms with E-state index in [0.29, 0.717) is 44.6 Å². The fourth-order valence-electron chi connectivity index (χ4n) is 2.73. The topological polar surface area (TPSA) is 66.6 Å². The lowest BCUT2D eigenvalue weighted by Gasteiger charge is -2.35. The van der Waals surface area contributed by atoms with Crippen LogP contribution in [0.2, 0.25) is 0 Å². The van der Waals surface area contributed by atoms with Crippen molar-refractivity contribution in [1.82, 2.24) is 8.61 Å². The van der Waals surface area contributed by atoms with Gasteiger partial charge in [-0.3, -0.25) is 0 Å². The van der Waals surface area contributed by atoms with Crippen molar-refractivity contribution >= 4 is 10.2 Å². The van der Waals surface area contributed by atoms with Crippen LogP contribution in [0.1, 0.15) is 39.0 Å².